The van der Waals surface area contributed by atoms with Crippen molar-refractivity contribution in [1.29, 1.82) is 0 Å². The van der Waals surface area contributed by atoms with Crippen LogP contribution in [0.2, 0.25) is 0 Å². The zero-order chi connectivity index (χ0) is 18.8. The summed E-state index contributed by atoms with van der Waals surface area (Å²) < 4.78 is 45.5. The summed E-state index contributed by atoms with van der Waals surface area (Å²) in [5.41, 5.74) is 4.17. The van der Waals surface area contributed by atoms with Crippen LogP contribution in [0.25, 0.3) is 0 Å². The summed E-state index contributed by atoms with van der Waals surface area (Å²) in [7, 11) is 0. The standard InChI is InChI=1S/C18H19F3N2O2/c1-17(2,3)25-16(24)23(13-10-8-12(22)9-11-13)15-7-5-4-6-14(15)18(19,20)21/h4-11H,22H2,1-3H3. The first-order valence-corrected chi connectivity index (χ1v) is 7.54. The zero-order valence-electron chi connectivity index (χ0n) is 14.1. The van der Waals surface area contributed by atoms with E-state index in [2.05, 4.69) is 0 Å². The molecule has 0 fully saturated rings. The molecule has 0 unspecified atom stereocenters. The Morgan fingerprint density at radius 1 is 1.00 bits per heavy atom. The Hall–Kier alpha value is -2.70. The molecule has 2 aromatic carbocycles. The molecule has 4 nitrogen and oxygen atoms in total. The molecule has 2 aromatic rings. The van der Waals surface area contributed by atoms with Gasteiger partial charge in [0.25, 0.3) is 0 Å². The van der Waals surface area contributed by atoms with E-state index in [9.17, 15) is 18.0 Å². The third kappa shape index (κ3) is 4.65. The summed E-state index contributed by atoms with van der Waals surface area (Å²) in [6, 6.07) is 10.8. The smallest absolute Gasteiger partial charge is 0.419 e. The first-order valence-electron chi connectivity index (χ1n) is 7.54. The molecular formula is C18H19F3N2O2. The maximum Gasteiger partial charge on any atom is 0.419 e. The predicted molar refractivity (Wildman–Crippen MR) is 90.7 cm³/mol. The van der Waals surface area contributed by atoms with Gasteiger partial charge in [-0.2, -0.15) is 13.2 Å². The highest BCUT2D eigenvalue weighted by Crippen LogP contribution is 2.39. The molecule has 0 aromatic heterocycles. The number of alkyl halides is 3. The van der Waals surface area contributed by atoms with Gasteiger partial charge in [-0.3, -0.25) is 0 Å². The highest BCUT2D eigenvalue weighted by Gasteiger charge is 2.37. The number of nitrogens with zero attached hydrogens (tertiary/aromatic N) is 1. The van der Waals surface area contributed by atoms with Crippen LogP contribution in [-0.2, 0) is 10.9 Å². The van der Waals surface area contributed by atoms with E-state index in [0.29, 0.717) is 5.69 Å². The number of halogens is 3. The first kappa shape index (κ1) is 18.6. The van der Waals surface area contributed by atoms with Crippen LogP contribution in [0.15, 0.2) is 48.5 Å². The lowest BCUT2D eigenvalue weighted by Gasteiger charge is -2.29. The van der Waals surface area contributed by atoms with Gasteiger partial charge in [0.15, 0.2) is 0 Å². The second-order valence-electron chi connectivity index (χ2n) is 6.42. The minimum Gasteiger partial charge on any atom is -0.443 e. The monoisotopic (exact) mass is 352 g/mol. The molecule has 0 bridgehead atoms. The van der Waals surface area contributed by atoms with Gasteiger partial charge in [-0.15, -0.1) is 0 Å². The molecule has 0 saturated carbocycles. The molecule has 1 amide bonds. The predicted octanol–water partition coefficient (Wildman–Crippen LogP) is 5.36. The Balaban J connectivity index is 2.60. The van der Waals surface area contributed by atoms with Crippen molar-refractivity contribution in [2.24, 2.45) is 0 Å². The lowest BCUT2D eigenvalue weighted by Crippen LogP contribution is -2.34. The molecule has 0 radical (unpaired) electrons. The topological polar surface area (TPSA) is 55.6 Å². The zero-order valence-corrected chi connectivity index (χ0v) is 14.1. The molecule has 0 spiro atoms. The molecule has 7 heteroatoms. The number of anilines is 3. The fourth-order valence-corrected chi connectivity index (χ4v) is 2.18. The Kier molecular flexibility index (Phi) is 4.97. The van der Waals surface area contributed by atoms with E-state index in [0.717, 1.165) is 11.0 Å². The molecule has 2 rings (SSSR count). The molecule has 0 heterocycles. The van der Waals surface area contributed by atoms with E-state index in [1.165, 1.54) is 42.5 Å². The van der Waals surface area contributed by atoms with Crippen molar-refractivity contribution >= 4 is 23.2 Å². The summed E-state index contributed by atoms with van der Waals surface area (Å²) in [4.78, 5) is 13.5. The molecule has 0 atom stereocenters. The van der Waals surface area contributed by atoms with Crippen LogP contribution in [0.3, 0.4) is 0 Å². The maximum atomic E-state index is 13.4. The van der Waals surface area contributed by atoms with E-state index in [4.69, 9.17) is 10.5 Å². The van der Waals surface area contributed by atoms with Gasteiger partial charge in [0, 0.05) is 5.69 Å². The average Bonchev–Trinajstić information content (AvgIpc) is 2.47. The van der Waals surface area contributed by atoms with Crippen LogP contribution >= 0.6 is 0 Å². The number of carbonyl (C=O) groups excluding carboxylic acids is 1. The number of nitrogens with two attached hydrogens (primary N) is 1. The molecule has 25 heavy (non-hydrogen) atoms. The third-order valence-electron chi connectivity index (χ3n) is 3.18. The SMILES string of the molecule is CC(C)(C)OC(=O)N(c1ccc(N)cc1)c1ccccc1C(F)(F)F. The van der Waals surface area contributed by atoms with E-state index >= 15 is 0 Å². The van der Waals surface area contributed by atoms with Crippen molar-refractivity contribution in [2.45, 2.75) is 32.5 Å². The molecule has 134 valence electrons. The normalized spacial score (nSPS) is 11.9. The van der Waals surface area contributed by atoms with Gasteiger partial charge in [-0.25, -0.2) is 9.69 Å². The van der Waals surface area contributed by atoms with Gasteiger partial charge in [0.1, 0.15) is 5.60 Å². The van der Waals surface area contributed by atoms with Crippen molar-refractivity contribution in [3.63, 3.8) is 0 Å². The second kappa shape index (κ2) is 6.66. The Labute approximate surface area is 144 Å². The maximum absolute atomic E-state index is 13.4. The molecule has 0 aliphatic rings. The van der Waals surface area contributed by atoms with Crippen LogP contribution < -0.4 is 10.6 Å². The van der Waals surface area contributed by atoms with Gasteiger partial charge in [0.05, 0.1) is 16.9 Å². The number of amides is 1. The number of rotatable bonds is 2. The summed E-state index contributed by atoms with van der Waals surface area (Å²) in [6.07, 6.45) is -5.53. The Morgan fingerprint density at radius 3 is 2.08 bits per heavy atom. The number of hydrogen-bond acceptors (Lipinski definition) is 3. The highest BCUT2D eigenvalue weighted by atomic mass is 19.4. The van der Waals surface area contributed by atoms with Gasteiger partial charge >= 0.3 is 12.3 Å². The van der Waals surface area contributed by atoms with E-state index in [1.54, 1.807) is 20.8 Å². The van der Waals surface area contributed by atoms with Gasteiger partial charge in [0.2, 0.25) is 0 Å². The summed E-state index contributed by atoms with van der Waals surface area (Å²) >= 11 is 0. The van der Waals surface area contributed by atoms with Crippen molar-refractivity contribution in [1.82, 2.24) is 0 Å². The number of ether oxygens (including phenoxy) is 1. The fourth-order valence-electron chi connectivity index (χ4n) is 2.18. The van der Waals surface area contributed by atoms with Crippen LogP contribution in [0.5, 0.6) is 0 Å². The number of carbonyl (C=O) groups is 1. The minimum absolute atomic E-state index is 0.222. The van der Waals surface area contributed by atoms with E-state index < -0.39 is 23.4 Å². The molecule has 0 aliphatic heterocycles. The van der Waals surface area contributed by atoms with Crippen LogP contribution in [0.1, 0.15) is 26.3 Å². The van der Waals surface area contributed by atoms with Crippen molar-refractivity contribution < 1.29 is 22.7 Å². The highest BCUT2D eigenvalue weighted by molar-refractivity contribution is 5.97. The van der Waals surface area contributed by atoms with Gasteiger partial charge < -0.3 is 10.5 Å². The number of benzene rings is 2. The summed E-state index contributed by atoms with van der Waals surface area (Å²) in [6.45, 7) is 4.92. The fraction of sp³-hybridized carbons (Fsp3) is 0.278. The minimum atomic E-state index is -4.62. The molecule has 0 aliphatic carbocycles. The lowest BCUT2D eigenvalue weighted by molar-refractivity contribution is -0.137. The van der Waals surface area contributed by atoms with E-state index in [-0.39, 0.29) is 11.4 Å². The second-order valence-corrected chi connectivity index (χ2v) is 6.42. The average molecular weight is 352 g/mol. The summed E-state index contributed by atoms with van der Waals surface area (Å²) in [5.74, 6) is 0. The Morgan fingerprint density at radius 2 is 1.56 bits per heavy atom. The van der Waals surface area contributed by atoms with Crippen molar-refractivity contribution in [3.05, 3.63) is 54.1 Å². The third-order valence-corrected chi connectivity index (χ3v) is 3.18. The number of hydrogen-bond donors (Lipinski definition) is 1. The lowest BCUT2D eigenvalue weighted by atomic mass is 10.1. The van der Waals surface area contributed by atoms with Crippen molar-refractivity contribution in [3.8, 4) is 0 Å². The first-order chi connectivity index (χ1) is 11.5. The molecule has 0 saturated heterocycles. The van der Waals surface area contributed by atoms with Crippen LogP contribution in [-0.4, -0.2) is 11.7 Å². The number of para-hydroxylation sites is 1. The van der Waals surface area contributed by atoms with Crippen LogP contribution in [0.4, 0.5) is 35.0 Å². The molecule has 2 N–H and O–H groups in total. The van der Waals surface area contributed by atoms with Gasteiger partial charge in [-0.1, -0.05) is 12.1 Å². The molecular weight excluding hydrogens is 333 g/mol. The Bertz CT molecular complexity index is 750. The largest absolute Gasteiger partial charge is 0.443 e. The number of nitrogen functional groups attached to an aromatic ring is 1. The quantitative estimate of drug-likeness (QED) is 0.740. The summed E-state index contributed by atoms with van der Waals surface area (Å²) in [5, 5.41) is 0. The van der Waals surface area contributed by atoms with Crippen LogP contribution in [0, 0.1) is 0 Å². The van der Waals surface area contributed by atoms with E-state index in [1.807, 2.05) is 0 Å². The van der Waals surface area contributed by atoms with Crippen molar-refractivity contribution in [2.75, 3.05) is 10.6 Å². The van der Waals surface area contributed by atoms with Gasteiger partial charge in [-0.05, 0) is 57.2 Å².